The minimum Gasteiger partial charge on any atom is -0.481 e. The molecule has 106 valence electrons. The molecule has 0 aliphatic rings. The Balaban J connectivity index is 1.75. The number of halogens is 1. The molecule has 0 aliphatic heterocycles. The second-order valence-electron chi connectivity index (χ2n) is 4.33. The Bertz CT molecular complexity index is 540. The van der Waals surface area contributed by atoms with Crippen molar-refractivity contribution in [2.24, 2.45) is 0 Å². The molecule has 2 rings (SSSR count). The molecule has 0 fully saturated rings. The number of carbonyl (C=O) groups excluding carboxylic acids is 1. The lowest BCUT2D eigenvalue weighted by Crippen LogP contribution is -2.37. The van der Waals surface area contributed by atoms with Crippen molar-refractivity contribution in [2.75, 3.05) is 6.54 Å². The van der Waals surface area contributed by atoms with Gasteiger partial charge in [-0.3, -0.25) is 4.79 Å². The van der Waals surface area contributed by atoms with Crippen LogP contribution in [0, 0.1) is 3.57 Å². The fourth-order valence-corrected chi connectivity index (χ4v) is 2.75. The maximum absolute atomic E-state index is 11.9. The molecule has 1 amide bonds. The number of hydrogen-bond acceptors (Lipinski definition) is 3. The minimum atomic E-state index is -0.488. The van der Waals surface area contributed by atoms with Crippen molar-refractivity contribution < 1.29 is 9.53 Å². The molecule has 1 heterocycles. The van der Waals surface area contributed by atoms with Gasteiger partial charge in [-0.2, -0.15) is 0 Å². The lowest BCUT2D eigenvalue weighted by molar-refractivity contribution is -0.127. The van der Waals surface area contributed by atoms with Gasteiger partial charge in [0.05, 0.1) is 0 Å². The molecule has 0 saturated carbocycles. The highest BCUT2D eigenvalue weighted by atomic mass is 127. The van der Waals surface area contributed by atoms with Gasteiger partial charge in [-0.1, -0.05) is 6.07 Å². The van der Waals surface area contributed by atoms with Crippen LogP contribution in [0.2, 0.25) is 0 Å². The Kier molecular flexibility index (Phi) is 5.85. The summed E-state index contributed by atoms with van der Waals surface area (Å²) < 4.78 is 6.75. The third kappa shape index (κ3) is 4.79. The van der Waals surface area contributed by atoms with Crippen LogP contribution in [0.4, 0.5) is 0 Å². The predicted octanol–water partition coefficient (Wildman–Crippen LogP) is 3.48. The number of benzene rings is 1. The third-order valence-electron chi connectivity index (χ3n) is 2.75. The smallest absolute Gasteiger partial charge is 0.260 e. The molecule has 0 bridgehead atoms. The fourth-order valence-electron chi connectivity index (χ4n) is 1.68. The molecular weight excluding hydrogens is 385 g/mol. The average molecular weight is 401 g/mol. The summed E-state index contributed by atoms with van der Waals surface area (Å²) in [7, 11) is 0. The second-order valence-corrected chi connectivity index (χ2v) is 6.61. The van der Waals surface area contributed by atoms with E-state index >= 15 is 0 Å². The van der Waals surface area contributed by atoms with Crippen molar-refractivity contribution in [3.8, 4) is 5.75 Å². The van der Waals surface area contributed by atoms with Crippen molar-refractivity contribution in [1.29, 1.82) is 0 Å². The Morgan fingerprint density at radius 1 is 1.35 bits per heavy atom. The highest BCUT2D eigenvalue weighted by Crippen LogP contribution is 2.15. The molecule has 20 heavy (non-hydrogen) atoms. The van der Waals surface area contributed by atoms with Crippen molar-refractivity contribution in [1.82, 2.24) is 5.32 Å². The molecule has 1 unspecified atom stereocenters. The Morgan fingerprint density at radius 3 is 2.75 bits per heavy atom. The molecule has 1 N–H and O–H groups in total. The summed E-state index contributed by atoms with van der Waals surface area (Å²) in [6.45, 7) is 2.40. The first-order valence-corrected chi connectivity index (χ1v) is 8.33. The lowest BCUT2D eigenvalue weighted by Gasteiger charge is -2.14. The number of ether oxygens (including phenoxy) is 1. The highest BCUT2D eigenvalue weighted by Gasteiger charge is 2.13. The van der Waals surface area contributed by atoms with Gasteiger partial charge in [-0.15, -0.1) is 11.3 Å². The standard InChI is InChI=1S/C15H16INO2S/c1-11(19-13-6-4-12(16)5-7-13)15(18)17-9-8-14-3-2-10-20-14/h2-7,10-11H,8-9H2,1H3,(H,17,18). The van der Waals surface area contributed by atoms with E-state index in [4.69, 9.17) is 4.74 Å². The minimum absolute atomic E-state index is 0.0832. The first-order valence-electron chi connectivity index (χ1n) is 6.37. The summed E-state index contributed by atoms with van der Waals surface area (Å²) in [5.74, 6) is 0.631. The van der Waals surface area contributed by atoms with Gasteiger partial charge < -0.3 is 10.1 Å². The molecular formula is C15H16INO2S. The third-order valence-corrected chi connectivity index (χ3v) is 4.40. The van der Waals surface area contributed by atoms with Gasteiger partial charge in [0.2, 0.25) is 0 Å². The predicted molar refractivity (Wildman–Crippen MR) is 90.3 cm³/mol. The van der Waals surface area contributed by atoms with Crippen LogP contribution in [0.5, 0.6) is 5.75 Å². The topological polar surface area (TPSA) is 38.3 Å². The molecule has 0 saturated heterocycles. The van der Waals surface area contributed by atoms with Crippen LogP contribution >= 0.6 is 33.9 Å². The van der Waals surface area contributed by atoms with Crippen molar-refractivity contribution in [3.05, 3.63) is 50.2 Å². The summed E-state index contributed by atoms with van der Waals surface area (Å²) in [6, 6.07) is 11.7. The van der Waals surface area contributed by atoms with Crippen molar-refractivity contribution in [2.45, 2.75) is 19.4 Å². The molecule has 0 aliphatic carbocycles. The SMILES string of the molecule is CC(Oc1ccc(I)cc1)C(=O)NCCc1cccs1. The zero-order valence-corrected chi connectivity index (χ0v) is 14.1. The van der Waals surface area contributed by atoms with Gasteiger partial charge >= 0.3 is 0 Å². The number of thiophene rings is 1. The summed E-state index contributed by atoms with van der Waals surface area (Å²) in [5, 5.41) is 4.93. The van der Waals surface area contributed by atoms with E-state index in [-0.39, 0.29) is 5.91 Å². The van der Waals surface area contributed by atoms with Gasteiger partial charge in [-0.05, 0) is 71.6 Å². The van der Waals surface area contributed by atoms with Crippen LogP contribution in [0.1, 0.15) is 11.8 Å². The summed E-state index contributed by atoms with van der Waals surface area (Å²) >= 11 is 3.94. The number of nitrogens with one attached hydrogen (secondary N) is 1. The first-order chi connectivity index (χ1) is 9.65. The first kappa shape index (κ1) is 15.3. The lowest BCUT2D eigenvalue weighted by atomic mass is 10.3. The van der Waals surface area contributed by atoms with Gasteiger partial charge in [0.25, 0.3) is 5.91 Å². The largest absolute Gasteiger partial charge is 0.481 e. The van der Waals surface area contributed by atoms with E-state index < -0.39 is 6.10 Å². The Morgan fingerprint density at radius 2 is 2.10 bits per heavy atom. The van der Waals surface area contributed by atoms with E-state index in [1.54, 1.807) is 18.3 Å². The molecule has 0 spiro atoms. The van der Waals surface area contributed by atoms with Crippen LogP contribution in [0.25, 0.3) is 0 Å². The summed E-state index contributed by atoms with van der Waals surface area (Å²) in [5.41, 5.74) is 0. The average Bonchev–Trinajstić information content (AvgIpc) is 2.94. The van der Waals surface area contributed by atoms with Crippen LogP contribution in [0.15, 0.2) is 41.8 Å². The maximum Gasteiger partial charge on any atom is 0.260 e. The quantitative estimate of drug-likeness (QED) is 0.753. The molecule has 1 aromatic heterocycles. The maximum atomic E-state index is 11.9. The van der Waals surface area contributed by atoms with Gasteiger partial charge in [0.1, 0.15) is 5.75 Å². The summed E-state index contributed by atoms with van der Waals surface area (Å²) in [4.78, 5) is 13.2. The van der Waals surface area contributed by atoms with E-state index in [2.05, 4.69) is 34.0 Å². The van der Waals surface area contributed by atoms with E-state index in [9.17, 15) is 4.79 Å². The molecule has 2 aromatic rings. The normalized spacial score (nSPS) is 11.9. The zero-order chi connectivity index (χ0) is 14.4. The van der Waals surface area contributed by atoms with Crippen LogP contribution in [-0.2, 0) is 11.2 Å². The van der Waals surface area contributed by atoms with E-state index in [1.165, 1.54) is 4.88 Å². The molecule has 3 nitrogen and oxygen atoms in total. The van der Waals surface area contributed by atoms with E-state index in [0.717, 1.165) is 9.99 Å². The van der Waals surface area contributed by atoms with Crippen LogP contribution < -0.4 is 10.1 Å². The second kappa shape index (κ2) is 7.64. The van der Waals surface area contributed by atoms with E-state index in [0.29, 0.717) is 12.3 Å². The van der Waals surface area contributed by atoms with Crippen LogP contribution in [0.3, 0.4) is 0 Å². The molecule has 1 atom stereocenters. The summed E-state index contributed by atoms with van der Waals surface area (Å²) in [6.07, 6.45) is 0.373. The molecule has 0 radical (unpaired) electrons. The van der Waals surface area contributed by atoms with Crippen LogP contribution in [-0.4, -0.2) is 18.6 Å². The number of rotatable bonds is 6. The van der Waals surface area contributed by atoms with Gasteiger partial charge in [0.15, 0.2) is 6.10 Å². The number of carbonyl (C=O) groups is 1. The number of hydrogen-bond donors (Lipinski definition) is 1. The zero-order valence-electron chi connectivity index (χ0n) is 11.1. The van der Waals surface area contributed by atoms with Crippen molar-refractivity contribution in [3.63, 3.8) is 0 Å². The highest BCUT2D eigenvalue weighted by molar-refractivity contribution is 14.1. The molecule has 1 aromatic carbocycles. The van der Waals surface area contributed by atoms with Gasteiger partial charge in [0, 0.05) is 15.0 Å². The molecule has 5 heteroatoms. The Labute approximate surface area is 136 Å². The van der Waals surface area contributed by atoms with E-state index in [1.807, 2.05) is 35.7 Å². The Hall–Kier alpha value is -1.08. The van der Waals surface area contributed by atoms with Crippen molar-refractivity contribution >= 4 is 39.8 Å². The number of amides is 1. The van der Waals surface area contributed by atoms with Gasteiger partial charge in [-0.25, -0.2) is 0 Å². The fraction of sp³-hybridized carbons (Fsp3) is 0.267. The monoisotopic (exact) mass is 401 g/mol.